The average Bonchev–Trinajstić information content (AvgIpc) is 3.08. The van der Waals surface area contributed by atoms with Gasteiger partial charge in [0, 0.05) is 44.3 Å². The minimum absolute atomic E-state index is 0.0116. The number of halogens is 2. The summed E-state index contributed by atoms with van der Waals surface area (Å²) in [7, 11) is 0. The van der Waals surface area contributed by atoms with Gasteiger partial charge in [0.15, 0.2) is 0 Å². The van der Waals surface area contributed by atoms with E-state index < -0.39 is 4.92 Å². The van der Waals surface area contributed by atoms with Crippen molar-refractivity contribution in [3.63, 3.8) is 0 Å². The zero-order valence-electron chi connectivity index (χ0n) is 14.8. The maximum atomic E-state index is 13.2. The zero-order valence-corrected chi connectivity index (χ0v) is 15.5. The number of rotatable bonds is 5. The van der Waals surface area contributed by atoms with E-state index in [9.17, 15) is 19.3 Å². The highest BCUT2D eigenvalue weighted by atomic mass is 35.5. The van der Waals surface area contributed by atoms with Gasteiger partial charge in [-0.2, -0.15) is 5.10 Å². The number of carbonyl (C=O) groups excluding carboxylic acids is 1. The Kier molecular flexibility index (Phi) is 5.71. The van der Waals surface area contributed by atoms with Gasteiger partial charge in [-0.05, 0) is 24.6 Å². The van der Waals surface area contributed by atoms with E-state index in [2.05, 4.69) is 10.00 Å². The van der Waals surface area contributed by atoms with Crippen molar-refractivity contribution in [1.29, 1.82) is 0 Å². The summed E-state index contributed by atoms with van der Waals surface area (Å²) >= 11 is 6.07. The first-order valence-electron chi connectivity index (χ1n) is 8.56. The van der Waals surface area contributed by atoms with Crippen molar-refractivity contribution in [1.82, 2.24) is 19.6 Å². The molecule has 1 amide bonds. The minimum atomic E-state index is -0.584. The molecule has 0 saturated carbocycles. The molecule has 0 atom stereocenters. The van der Waals surface area contributed by atoms with Crippen LogP contribution in [0.5, 0.6) is 0 Å². The van der Waals surface area contributed by atoms with Gasteiger partial charge in [0.25, 0.3) is 5.91 Å². The predicted molar refractivity (Wildman–Crippen MR) is 97.1 cm³/mol. The molecule has 10 heteroatoms. The second-order valence-corrected chi connectivity index (χ2v) is 6.66. The maximum Gasteiger partial charge on any atom is 0.320 e. The van der Waals surface area contributed by atoms with Crippen LogP contribution < -0.4 is 0 Å². The van der Waals surface area contributed by atoms with E-state index in [1.807, 2.05) is 0 Å². The Bertz CT molecular complexity index is 864. The predicted octanol–water partition coefficient (Wildman–Crippen LogP) is 2.56. The molecular formula is C17H19ClFN5O3. The monoisotopic (exact) mass is 395 g/mol. The summed E-state index contributed by atoms with van der Waals surface area (Å²) in [5.74, 6) is -0.770. The number of hydrogen-bond acceptors (Lipinski definition) is 5. The molecule has 1 saturated heterocycles. The van der Waals surface area contributed by atoms with E-state index >= 15 is 0 Å². The maximum absolute atomic E-state index is 13.2. The lowest BCUT2D eigenvalue weighted by Gasteiger charge is -2.34. The summed E-state index contributed by atoms with van der Waals surface area (Å²) in [5.41, 5.74) is 0.553. The molecule has 0 unspecified atom stereocenters. The SMILES string of the molecule is CCn1ncc([N+](=O)[O-])c1C(=O)N1CCN(Cc2ccc(F)cc2Cl)CC1. The van der Waals surface area contributed by atoms with Gasteiger partial charge in [-0.15, -0.1) is 0 Å². The molecule has 1 aromatic carbocycles. The molecule has 27 heavy (non-hydrogen) atoms. The molecule has 1 aliphatic heterocycles. The largest absolute Gasteiger partial charge is 0.335 e. The highest BCUT2D eigenvalue weighted by Gasteiger charge is 2.31. The van der Waals surface area contributed by atoms with Gasteiger partial charge in [0.05, 0.1) is 4.92 Å². The van der Waals surface area contributed by atoms with Crippen molar-refractivity contribution < 1.29 is 14.1 Å². The zero-order chi connectivity index (χ0) is 19.6. The fourth-order valence-corrected chi connectivity index (χ4v) is 3.35. The Morgan fingerprint density at radius 3 is 2.63 bits per heavy atom. The number of piperazine rings is 1. The van der Waals surface area contributed by atoms with Crippen molar-refractivity contribution in [2.75, 3.05) is 26.2 Å². The van der Waals surface area contributed by atoms with Gasteiger partial charge < -0.3 is 4.90 Å². The highest BCUT2D eigenvalue weighted by Crippen LogP contribution is 2.22. The van der Waals surface area contributed by atoms with Gasteiger partial charge in [0.2, 0.25) is 5.69 Å². The standard InChI is InChI=1S/C17H19ClFN5O3/c1-2-23-16(15(10-20-23)24(26)27)17(25)22-7-5-21(6-8-22)11-12-3-4-13(19)9-14(12)18/h3-4,9-10H,2,5-8,11H2,1H3. The Hall–Kier alpha value is -2.52. The van der Waals surface area contributed by atoms with Crippen LogP contribution in [-0.2, 0) is 13.1 Å². The van der Waals surface area contributed by atoms with E-state index in [1.54, 1.807) is 17.9 Å². The van der Waals surface area contributed by atoms with Crippen LogP contribution in [0.25, 0.3) is 0 Å². The number of nitrogens with zero attached hydrogens (tertiary/aromatic N) is 5. The molecule has 3 rings (SSSR count). The molecule has 1 aromatic heterocycles. The van der Waals surface area contributed by atoms with Crippen LogP contribution in [-0.4, -0.2) is 56.6 Å². The number of benzene rings is 1. The molecule has 2 heterocycles. The molecule has 2 aromatic rings. The normalized spacial score (nSPS) is 15.1. The quantitative estimate of drug-likeness (QED) is 0.573. The molecule has 0 radical (unpaired) electrons. The number of aromatic nitrogens is 2. The third kappa shape index (κ3) is 4.09. The van der Waals surface area contributed by atoms with Crippen LogP contribution in [0.3, 0.4) is 0 Å². The molecular weight excluding hydrogens is 377 g/mol. The molecule has 1 fully saturated rings. The molecule has 0 N–H and O–H groups in total. The molecule has 0 bridgehead atoms. The van der Waals surface area contributed by atoms with Crippen molar-refractivity contribution in [3.05, 3.63) is 56.6 Å². The summed E-state index contributed by atoms with van der Waals surface area (Å²) in [6, 6.07) is 4.30. The minimum Gasteiger partial charge on any atom is -0.335 e. The van der Waals surface area contributed by atoms with Crippen LogP contribution in [0.2, 0.25) is 5.02 Å². The number of aryl methyl sites for hydroxylation is 1. The number of nitro groups is 1. The second kappa shape index (κ2) is 8.01. The molecule has 1 aliphatic rings. The van der Waals surface area contributed by atoms with Crippen LogP contribution in [0.1, 0.15) is 23.0 Å². The second-order valence-electron chi connectivity index (χ2n) is 6.26. The smallest absolute Gasteiger partial charge is 0.320 e. The summed E-state index contributed by atoms with van der Waals surface area (Å²) in [4.78, 5) is 27.1. The first-order valence-corrected chi connectivity index (χ1v) is 8.94. The molecule has 144 valence electrons. The van der Waals surface area contributed by atoms with E-state index in [-0.39, 0.29) is 23.1 Å². The summed E-state index contributed by atoms with van der Waals surface area (Å²) in [6.45, 7) is 4.75. The average molecular weight is 396 g/mol. The molecule has 8 nitrogen and oxygen atoms in total. The lowest BCUT2D eigenvalue weighted by atomic mass is 10.2. The van der Waals surface area contributed by atoms with Crippen molar-refractivity contribution in [2.24, 2.45) is 0 Å². The lowest BCUT2D eigenvalue weighted by Crippen LogP contribution is -2.48. The summed E-state index contributed by atoms with van der Waals surface area (Å²) in [5, 5.41) is 15.5. The number of carbonyl (C=O) groups is 1. The van der Waals surface area contributed by atoms with Gasteiger partial charge >= 0.3 is 5.69 Å². The van der Waals surface area contributed by atoms with Gasteiger partial charge in [-0.3, -0.25) is 24.5 Å². The topological polar surface area (TPSA) is 84.5 Å². The molecule has 0 aliphatic carbocycles. The van der Waals surface area contributed by atoms with E-state index in [4.69, 9.17) is 11.6 Å². The van der Waals surface area contributed by atoms with E-state index in [0.29, 0.717) is 44.3 Å². The third-order valence-electron chi connectivity index (χ3n) is 4.59. The number of amides is 1. The fourth-order valence-electron chi connectivity index (χ4n) is 3.12. The van der Waals surface area contributed by atoms with Gasteiger partial charge in [-0.1, -0.05) is 17.7 Å². The van der Waals surface area contributed by atoms with E-state index in [1.165, 1.54) is 16.8 Å². The Balaban J connectivity index is 1.66. The first kappa shape index (κ1) is 19.2. The Morgan fingerprint density at radius 2 is 2.04 bits per heavy atom. The van der Waals surface area contributed by atoms with Crippen LogP contribution in [0.4, 0.5) is 10.1 Å². The summed E-state index contributed by atoms with van der Waals surface area (Å²) in [6.07, 6.45) is 1.11. The van der Waals surface area contributed by atoms with Crippen molar-refractivity contribution in [2.45, 2.75) is 20.0 Å². The molecule has 0 spiro atoms. The van der Waals surface area contributed by atoms with Crippen molar-refractivity contribution >= 4 is 23.2 Å². The fraction of sp³-hybridized carbons (Fsp3) is 0.412. The van der Waals surface area contributed by atoms with Crippen LogP contribution >= 0.6 is 11.6 Å². The third-order valence-corrected chi connectivity index (χ3v) is 4.94. The highest BCUT2D eigenvalue weighted by molar-refractivity contribution is 6.31. The first-order chi connectivity index (χ1) is 12.9. The lowest BCUT2D eigenvalue weighted by molar-refractivity contribution is -0.385. The van der Waals surface area contributed by atoms with Crippen LogP contribution in [0.15, 0.2) is 24.4 Å². The van der Waals surface area contributed by atoms with Crippen LogP contribution in [0, 0.1) is 15.9 Å². The van der Waals surface area contributed by atoms with Gasteiger partial charge in [0.1, 0.15) is 12.0 Å². The number of hydrogen-bond donors (Lipinski definition) is 0. The van der Waals surface area contributed by atoms with E-state index in [0.717, 1.165) is 11.8 Å². The Labute approximate surface area is 160 Å². The summed E-state index contributed by atoms with van der Waals surface area (Å²) < 4.78 is 14.5. The van der Waals surface area contributed by atoms with Crippen molar-refractivity contribution in [3.8, 4) is 0 Å². The Morgan fingerprint density at radius 1 is 1.33 bits per heavy atom. The van der Waals surface area contributed by atoms with Gasteiger partial charge in [-0.25, -0.2) is 4.39 Å².